The summed E-state index contributed by atoms with van der Waals surface area (Å²) in [5.41, 5.74) is 3.14. The fourth-order valence-electron chi connectivity index (χ4n) is 4.80. The third-order valence-corrected chi connectivity index (χ3v) is 7.74. The molecule has 2 aliphatic heterocycles. The van der Waals surface area contributed by atoms with E-state index in [0.717, 1.165) is 13.0 Å². The van der Waals surface area contributed by atoms with Gasteiger partial charge in [-0.25, -0.2) is 0 Å². The van der Waals surface area contributed by atoms with Crippen LogP contribution >= 0.6 is 22.9 Å². The van der Waals surface area contributed by atoms with Crippen molar-refractivity contribution in [1.29, 1.82) is 0 Å². The quantitative estimate of drug-likeness (QED) is 0.559. The maximum atomic E-state index is 13.3. The molecule has 3 aromatic rings. The van der Waals surface area contributed by atoms with Crippen molar-refractivity contribution in [1.82, 2.24) is 14.7 Å². The second kappa shape index (κ2) is 9.67. The molecule has 1 aromatic heterocycles. The van der Waals surface area contributed by atoms with Gasteiger partial charge in [0, 0.05) is 48.2 Å². The van der Waals surface area contributed by atoms with Crippen LogP contribution < -0.4 is 0 Å². The van der Waals surface area contributed by atoms with Gasteiger partial charge in [0.2, 0.25) is 5.91 Å². The molecule has 0 saturated carbocycles. The second-order valence-corrected chi connectivity index (χ2v) is 9.95. The first-order chi connectivity index (χ1) is 16.1. The summed E-state index contributed by atoms with van der Waals surface area (Å²) in [4.78, 5) is 33.5. The Labute approximate surface area is 203 Å². The summed E-state index contributed by atoms with van der Waals surface area (Å²) in [6.07, 6.45) is 0.978. The molecule has 1 atom stereocenters. The van der Waals surface area contributed by atoms with Crippen molar-refractivity contribution in [2.45, 2.75) is 12.5 Å². The molecule has 33 heavy (non-hydrogen) atoms. The summed E-state index contributed by atoms with van der Waals surface area (Å²) in [5, 5.41) is 2.71. The molecule has 2 amide bonds. The minimum Gasteiger partial charge on any atom is -0.338 e. The number of nitrogens with zero attached hydrogens (tertiary/aromatic N) is 3. The van der Waals surface area contributed by atoms with Gasteiger partial charge >= 0.3 is 0 Å². The molecule has 0 spiro atoms. The predicted molar refractivity (Wildman–Crippen MR) is 132 cm³/mol. The maximum Gasteiger partial charge on any atom is 0.254 e. The Bertz CT molecular complexity index is 1140. The molecule has 5 rings (SSSR count). The Balaban J connectivity index is 1.24. The van der Waals surface area contributed by atoms with E-state index in [1.165, 1.54) is 16.0 Å². The van der Waals surface area contributed by atoms with Crippen LogP contribution in [0.2, 0.25) is 5.02 Å². The normalized spacial score (nSPS) is 18.8. The van der Waals surface area contributed by atoms with E-state index < -0.39 is 0 Å². The fourth-order valence-corrected chi connectivity index (χ4v) is 5.90. The first-order valence-electron chi connectivity index (χ1n) is 11.3. The SMILES string of the molecule is O=C(CN1CCc2sccc2[C@@H]1c1ccccc1)N1CCN(C(=O)c2cccc(Cl)c2)CC1. The number of benzene rings is 2. The van der Waals surface area contributed by atoms with Crippen molar-refractivity contribution in [2.24, 2.45) is 0 Å². The zero-order chi connectivity index (χ0) is 22.8. The monoisotopic (exact) mass is 479 g/mol. The molecule has 0 N–H and O–H groups in total. The molecule has 1 saturated heterocycles. The van der Waals surface area contributed by atoms with Gasteiger partial charge in [-0.3, -0.25) is 14.5 Å². The van der Waals surface area contributed by atoms with Gasteiger partial charge in [0.25, 0.3) is 5.91 Å². The average molecular weight is 480 g/mol. The number of amides is 2. The molecule has 170 valence electrons. The second-order valence-electron chi connectivity index (χ2n) is 8.52. The van der Waals surface area contributed by atoms with Crippen molar-refractivity contribution in [2.75, 3.05) is 39.3 Å². The van der Waals surface area contributed by atoms with E-state index >= 15 is 0 Å². The van der Waals surface area contributed by atoms with Crippen molar-refractivity contribution in [3.05, 3.63) is 92.6 Å². The number of thiophene rings is 1. The minimum absolute atomic E-state index is 0.0326. The van der Waals surface area contributed by atoms with E-state index in [4.69, 9.17) is 11.6 Å². The van der Waals surface area contributed by atoms with Gasteiger partial charge < -0.3 is 9.80 Å². The first-order valence-corrected chi connectivity index (χ1v) is 12.5. The predicted octanol–water partition coefficient (Wildman–Crippen LogP) is 4.33. The molecule has 7 heteroatoms. The number of carbonyl (C=O) groups is 2. The van der Waals surface area contributed by atoms with Crippen LogP contribution in [-0.4, -0.2) is 65.8 Å². The molecule has 0 bridgehead atoms. The Morgan fingerprint density at radius 3 is 2.42 bits per heavy atom. The highest BCUT2D eigenvalue weighted by molar-refractivity contribution is 7.10. The van der Waals surface area contributed by atoms with E-state index in [1.54, 1.807) is 40.5 Å². The third-order valence-electron chi connectivity index (χ3n) is 6.51. The maximum absolute atomic E-state index is 13.3. The van der Waals surface area contributed by atoms with Gasteiger partial charge in [-0.05, 0) is 47.2 Å². The van der Waals surface area contributed by atoms with Gasteiger partial charge in [-0.2, -0.15) is 0 Å². The number of hydrogen-bond donors (Lipinski definition) is 0. The van der Waals surface area contributed by atoms with Crippen molar-refractivity contribution in [3.8, 4) is 0 Å². The Morgan fingerprint density at radius 1 is 0.909 bits per heavy atom. The largest absolute Gasteiger partial charge is 0.338 e. The highest BCUT2D eigenvalue weighted by atomic mass is 35.5. The highest BCUT2D eigenvalue weighted by Crippen LogP contribution is 2.37. The summed E-state index contributed by atoms with van der Waals surface area (Å²) in [7, 11) is 0. The van der Waals surface area contributed by atoms with Crippen LogP contribution in [0, 0.1) is 0 Å². The molecule has 5 nitrogen and oxygen atoms in total. The van der Waals surface area contributed by atoms with Crippen molar-refractivity contribution in [3.63, 3.8) is 0 Å². The Morgan fingerprint density at radius 2 is 1.67 bits per heavy atom. The van der Waals surface area contributed by atoms with Gasteiger partial charge in [0.15, 0.2) is 0 Å². The number of fused-ring (bicyclic) bond motifs is 1. The summed E-state index contributed by atoms with van der Waals surface area (Å²) in [5.74, 6) is 0.0965. The van der Waals surface area contributed by atoms with Crippen molar-refractivity contribution < 1.29 is 9.59 Å². The van der Waals surface area contributed by atoms with E-state index in [-0.39, 0.29) is 17.9 Å². The van der Waals surface area contributed by atoms with Crippen LogP contribution in [0.5, 0.6) is 0 Å². The highest BCUT2D eigenvalue weighted by Gasteiger charge is 2.33. The zero-order valence-electron chi connectivity index (χ0n) is 18.3. The van der Waals surface area contributed by atoms with Crippen molar-refractivity contribution >= 4 is 34.8 Å². The lowest BCUT2D eigenvalue weighted by Crippen LogP contribution is -2.53. The van der Waals surface area contributed by atoms with Gasteiger partial charge in [-0.15, -0.1) is 11.3 Å². The van der Waals surface area contributed by atoms with Crippen LogP contribution in [0.3, 0.4) is 0 Å². The molecule has 2 aliphatic rings. The van der Waals surface area contributed by atoms with Crippen LogP contribution in [0.15, 0.2) is 66.0 Å². The van der Waals surface area contributed by atoms with Gasteiger partial charge in [0.1, 0.15) is 0 Å². The topological polar surface area (TPSA) is 43.9 Å². The lowest BCUT2D eigenvalue weighted by atomic mass is 9.93. The van der Waals surface area contributed by atoms with E-state index in [2.05, 4.69) is 40.6 Å². The van der Waals surface area contributed by atoms with Crippen LogP contribution in [-0.2, 0) is 11.2 Å². The van der Waals surface area contributed by atoms with Gasteiger partial charge in [-0.1, -0.05) is 48.0 Å². The molecule has 3 heterocycles. The molecular formula is C26H26ClN3O2S. The summed E-state index contributed by atoms with van der Waals surface area (Å²) < 4.78 is 0. The molecular weight excluding hydrogens is 454 g/mol. The van der Waals surface area contributed by atoms with E-state index in [1.807, 2.05) is 11.0 Å². The smallest absolute Gasteiger partial charge is 0.254 e. The molecule has 0 aliphatic carbocycles. The lowest BCUT2D eigenvalue weighted by Gasteiger charge is -2.39. The zero-order valence-corrected chi connectivity index (χ0v) is 19.9. The number of piperazine rings is 1. The number of halogens is 1. The lowest BCUT2D eigenvalue weighted by molar-refractivity contribution is -0.134. The standard InChI is InChI=1S/C26H26ClN3O2S/c27-21-8-4-7-20(17-21)26(32)29-14-12-28(13-15-29)24(31)18-30-11-9-23-22(10-16-33-23)25(30)19-5-2-1-3-6-19/h1-8,10,16-17,25H,9,11-15,18H2/t25-/m0/s1. The van der Waals surface area contributed by atoms with E-state index in [0.29, 0.717) is 43.3 Å². The molecule has 1 fully saturated rings. The molecule has 2 aromatic carbocycles. The number of rotatable bonds is 4. The number of carbonyl (C=O) groups excluding carboxylic acids is 2. The fraction of sp³-hybridized carbons (Fsp3) is 0.308. The summed E-state index contributed by atoms with van der Waals surface area (Å²) in [6.45, 7) is 3.43. The Kier molecular flexibility index (Phi) is 6.49. The molecule has 0 unspecified atom stereocenters. The Hall–Kier alpha value is -2.67. The van der Waals surface area contributed by atoms with E-state index in [9.17, 15) is 9.59 Å². The third kappa shape index (κ3) is 4.69. The number of hydrogen-bond acceptors (Lipinski definition) is 4. The average Bonchev–Trinajstić information content (AvgIpc) is 3.33. The van der Waals surface area contributed by atoms with Crippen LogP contribution in [0.4, 0.5) is 0 Å². The minimum atomic E-state index is -0.0326. The van der Waals surface area contributed by atoms with Gasteiger partial charge in [0.05, 0.1) is 12.6 Å². The van der Waals surface area contributed by atoms with Crippen LogP contribution in [0.1, 0.15) is 32.4 Å². The summed E-state index contributed by atoms with van der Waals surface area (Å²) in [6, 6.07) is 19.8. The first kappa shape index (κ1) is 22.1. The molecule has 0 radical (unpaired) electrons. The van der Waals surface area contributed by atoms with Crippen LogP contribution in [0.25, 0.3) is 0 Å². The summed E-state index contributed by atoms with van der Waals surface area (Å²) >= 11 is 7.84.